The van der Waals surface area contributed by atoms with Gasteiger partial charge in [0, 0.05) is 5.57 Å². The first kappa shape index (κ1) is 25.3. The van der Waals surface area contributed by atoms with E-state index in [9.17, 15) is 0 Å². The van der Waals surface area contributed by atoms with Crippen molar-refractivity contribution in [3.05, 3.63) is 82.4 Å². The molecule has 0 bridgehead atoms. The van der Waals surface area contributed by atoms with Crippen LogP contribution in [0.4, 0.5) is 0 Å². The van der Waals surface area contributed by atoms with E-state index in [0.29, 0.717) is 11.3 Å². The number of hydrogen-bond acceptors (Lipinski definition) is 6. The van der Waals surface area contributed by atoms with E-state index in [2.05, 4.69) is 19.9 Å². The molecule has 0 atom stereocenters. The van der Waals surface area contributed by atoms with E-state index in [1.807, 2.05) is 48.6 Å². The second kappa shape index (κ2) is 12.2. The van der Waals surface area contributed by atoms with Crippen molar-refractivity contribution in [2.75, 3.05) is 0 Å². The van der Waals surface area contributed by atoms with Gasteiger partial charge < -0.3 is 8.83 Å². The summed E-state index contributed by atoms with van der Waals surface area (Å²) >= 11 is 1.66. The van der Waals surface area contributed by atoms with Crippen LogP contribution in [-0.4, -0.2) is 0 Å². The Morgan fingerprint density at radius 3 is 1.91 bits per heavy atom. The van der Waals surface area contributed by atoms with Crippen LogP contribution in [0.5, 0.6) is 0 Å². The molecule has 0 aliphatic heterocycles. The SMILES string of the molecule is CCCc1c(-c2ccc(/C=C/C=C(C#N)C#N)o2)sc(-c2ccc(/C=C/C=C(\C)C#N)o2)c1CC. The van der Waals surface area contributed by atoms with Crippen LogP contribution in [0.2, 0.25) is 0 Å². The molecule has 0 saturated carbocycles. The predicted molar refractivity (Wildman–Crippen MR) is 140 cm³/mol. The zero-order valence-electron chi connectivity index (χ0n) is 20.0. The van der Waals surface area contributed by atoms with E-state index in [-0.39, 0.29) is 5.57 Å². The Morgan fingerprint density at radius 1 is 0.829 bits per heavy atom. The van der Waals surface area contributed by atoms with Gasteiger partial charge >= 0.3 is 0 Å². The Labute approximate surface area is 209 Å². The average molecular weight is 480 g/mol. The van der Waals surface area contributed by atoms with Crippen LogP contribution in [-0.2, 0) is 12.8 Å². The van der Waals surface area contributed by atoms with E-state index in [1.165, 1.54) is 17.2 Å². The summed E-state index contributed by atoms with van der Waals surface area (Å²) in [5.74, 6) is 2.97. The third-order valence-corrected chi connectivity index (χ3v) is 6.52. The van der Waals surface area contributed by atoms with E-state index in [4.69, 9.17) is 24.6 Å². The maximum Gasteiger partial charge on any atom is 0.145 e. The second-order valence-corrected chi connectivity index (χ2v) is 8.73. The summed E-state index contributed by atoms with van der Waals surface area (Å²) in [7, 11) is 0. The average Bonchev–Trinajstić information content (AvgIpc) is 3.60. The molecule has 0 aromatic carbocycles. The molecule has 6 heteroatoms. The van der Waals surface area contributed by atoms with Gasteiger partial charge in [0.05, 0.1) is 15.8 Å². The highest BCUT2D eigenvalue weighted by Gasteiger charge is 2.22. The minimum absolute atomic E-state index is 0.0395. The molecule has 0 fully saturated rings. The lowest BCUT2D eigenvalue weighted by molar-refractivity contribution is 0.572. The van der Waals surface area contributed by atoms with Gasteiger partial charge in [-0.1, -0.05) is 32.4 Å². The van der Waals surface area contributed by atoms with Gasteiger partial charge in [0.1, 0.15) is 40.8 Å². The fraction of sp³-hybridized carbons (Fsp3) is 0.207. The van der Waals surface area contributed by atoms with Crippen molar-refractivity contribution >= 4 is 23.5 Å². The Hall–Kier alpha value is -4.31. The molecule has 3 aromatic heterocycles. The van der Waals surface area contributed by atoms with Crippen molar-refractivity contribution in [2.45, 2.75) is 40.0 Å². The molecule has 0 aliphatic rings. The first-order chi connectivity index (χ1) is 17.0. The van der Waals surface area contributed by atoms with Crippen LogP contribution in [0.3, 0.4) is 0 Å². The van der Waals surface area contributed by atoms with Crippen LogP contribution < -0.4 is 0 Å². The Balaban J connectivity index is 1.97. The summed E-state index contributed by atoms with van der Waals surface area (Å²) in [5, 5.41) is 26.6. The lowest BCUT2D eigenvalue weighted by atomic mass is 10.00. The first-order valence-corrected chi connectivity index (χ1v) is 12.1. The Bertz CT molecular complexity index is 1420. The number of nitrogens with zero attached hydrogens (tertiary/aromatic N) is 3. The maximum absolute atomic E-state index is 8.88. The minimum atomic E-state index is 0.0395. The van der Waals surface area contributed by atoms with Crippen molar-refractivity contribution in [3.8, 4) is 39.5 Å². The van der Waals surface area contributed by atoms with Gasteiger partial charge in [-0.15, -0.1) is 11.3 Å². The molecular formula is C29H25N3O2S. The quantitative estimate of drug-likeness (QED) is 0.227. The molecule has 5 nitrogen and oxygen atoms in total. The molecule has 3 aromatic rings. The highest BCUT2D eigenvalue weighted by atomic mass is 32.1. The molecule has 35 heavy (non-hydrogen) atoms. The molecular weight excluding hydrogens is 454 g/mol. The van der Waals surface area contributed by atoms with Gasteiger partial charge in [-0.3, -0.25) is 0 Å². The number of allylic oxidation sites excluding steroid dienone is 6. The largest absolute Gasteiger partial charge is 0.456 e. The highest BCUT2D eigenvalue weighted by Crippen LogP contribution is 2.44. The molecule has 0 aliphatic carbocycles. The fourth-order valence-electron chi connectivity index (χ4n) is 3.58. The minimum Gasteiger partial charge on any atom is -0.456 e. The number of furan rings is 2. The van der Waals surface area contributed by atoms with E-state index < -0.39 is 0 Å². The van der Waals surface area contributed by atoms with Crippen molar-refractivity contribution in [3.63, 3.8) is 0 Å². The fourth-order valence-corrected chi connectivity index (χ4v) is 4.94. The zero-order chi connectivity index (χ0) is 25.2. The smallest absolute Gasteiger partial charge is 0.145 e. The van der Waals surface area contributed by atoms with Gasteiger partial charge in [-0.2, -0.15) is 15.8 Å². The van der Waals surface area contributed by atoms with Crippen LogP contribution in [0, 0.1) is 34.0 Å². The summed E-state index contributed by atoms with van der Waals surface area (Å²) in [6.07, 6.45) is 13.1. The molecule has 0 saturated heterocycles. The summed E-state index contributed by atoms with van der Waals surface area (Å²) in [4.78, 5) is 2.18. The van der Waals surface area contributed by atoms with Crippen molar-refractivity contribution in [1.82, 2.24) is 0 Å². The first-order valence-electron chi connectivity index (χ1n) is 11.3. The number of nitriles is 3. The van der Waals surface area contributed by atoms with Gasteiger partial charge in [0.25, 0.3) is 0 Å². The van der Waals surface area contributed by atoms with E-state index in [0.717, 1.165) is 46.3 Å². The standard InChI is InChI=1S/C29H25N3O2S/c1-4-8-25-24(5-2)28(26-15-13-22(33-26)11-6-9-20(3)17-30)35-29(25)27-16-14-23(34-27)12-7-10-21(18-31)19-32/h6-7,9-16H,4-5,8H2,1-3H3/b11-6+,12-7+,20-9+. The van der Waals surface area contributed by atoms with Gasteiger partial charge in [0.15, 0.2) is 0 Å². The van der Waals surface area contributed by atoms with Crippen molar-refractivity contribution < 1.29 is 8.83 Å². The zero-order valence-corrected chi connectivity index (χ0v) is 20.8. The molecule has 0 unspecified atom stereocenters. The van der Waals surface area contributed by atoms with Crippen molar-refractivity contribution in [2.24, 2.45) is 0 Å². The molecule has 0 spiro atoms. The Morgan fingerprint density at radius 2 is 1.40 bits per heavy atom. The molecule has 0 N–H and O–H groups in total. The van der Waals surface area contributed by atoms with Gasteiger partial charge in [0.2, 0.25) is 0 Å². The van der Waals surface area contributed by atoms with Crippen LogP contribution in [0.1, 0.15) is 49.8 Å². The summed E-state index contributed by atoms with van der Waals surface area (Å²) < 4.78 is 12.2. The third kappa shape index (κ3) is 6.18. The highest BCUT2D eigenvalue weighted by molar-refractivity contribution is 7.19. The van der Waals surface area contributed by atoms with E-state index >= 15 is 0 Å². The monoisotopic (exact) mass is 479 g/mol. The lowest BCUT2D eigenvalue weighted by Gasteiger charge is -2.04. The van der Waals surface area contributed by atoms with Crippen LogP contribution >= 0.6 is 11.3 Å². The summed E-state index contributed by atoms with van der Waals surface area (Å²) in [5.41, 5.74) is 3.21. The number of rotatable bonds is 9. The third-order valence-electron chi connectivity index (χ3n) is 5.22. The van der Waals surface area contributed by atoms with Crippen LogP contribution in [0.15, 0.2) is 68.6 Å². The summed E-state index contributed by atoms with van der Waals surface area (Å²) in [6, 6.07) is 13.5. The summed E-state index contributed by atoms with van der Waals surface area (Å²) in [6.45, 7) is 6.08. The lowest BCUT2D eigenvalue weighted by Crippen LogP contribution is -1.91. The molecule has 3 rings (SSSR count). The predicted octanol–water partition coefficient (Wildman–Crippen LogP) is 8.25. The molecule has 3 heterocycles. The van der Waals surface area contributed by atoms with Crippen molar-refractivity contribution in [1.29, 1.82) is 15.8 Å². The number of thiophene rings is 1. The number of hydrogen-bond donors (Lipinski definition) is 0. The molecule has 174 valence electrons. The Kier molecular flexibility index (Phi) is 8.85. The maximum atomic E-state index is 8.88. The second-order valence-electron chi connectivity index (χ2n) is 7.71. The normalized spacial score (nSPS) is 11.5. The topological polar surface area (TPSA) is 97.6 Å². The molecule has 0 amide bonds. The van der Waals surface area contributed by atoms with Gasteiger partial charge in [-0.05, 0) is 79.5 Å². The van der Waals surface area contributed by atoms with Gasteiger partial charge in [-0.25, -0.2) is 0 Å². The van der Waals surface area contributed by atoms with E-state index in [1.54, 1.807) is 36.5 Å². The van der Waals surface area contributed by atoms with Crippen LogP contribution in [0.25, 0.3) is 33.4 Å². The molecule has 0 radical (unpaired) electrons.